The van der Waals surface area contributed by atoms with E-state index in [1.54, 1.807) is 0 Å². The standard InChI is InChI=1S/C12H14ClF2NO/c1-6(16)12(3-4-12)7-5-8(13)9(14)10(15)11(7)17-2/h5-6H,3-4,16H2,1-2H3. The van der Waals surface area contributed by atoms with Crippen LogP contribution in [0, 0.1) is 11.6 Å². The molecule has 94 valence electrons. The third-order valence-corrected chi connectivity index (χ3v) is 3.79. The van der Waals surface area contributed by atoms with E-state index >= 15 is 0 Å². The first-order valence-corrected chi connectivity index (χ1v) is 5.79. The van der Waals surface area contributed by atoms with Gasteiger partial charge >= 0.3 is 0 Å². The fraction of sp³-hybridized carbons (Fsp3) is 0.500. The summed E-state index contributed by atoms with van der Waals surface area (Å²) in [6, 6.07) is 1.27. The van der Waals surface area contributed by atoms with E-state index in [1.807, 2.05) is 6.92 Å². The number of nitrogens with two attached hydrogens (primary N) is 1. The van der Waals surface area contributed by atoms with E-state index in [0.717, 1.165) is 12.8 Å². The highest BCUT2D eigenvalue weighted by Crippen LogP contribution is 2.54. The van der Waals surface area contributed by atoms with Crippen LogP contribution in [0.5, 0.6) is 5.75 Å². The monoisotopic (exact) mass is 261 g/mol. The smallest absolute Gasteiger partial charge is 0.202 e. The molecule has 2 nitrogen and oxygen atoms in total. The molecule has 17 heavy (non-hydrogen) atoms. The number of ether oxygens (including phenoxy) is 1. The summed E-state index contributed by atoms with van der Waals surface area (Å²) in [7, 11) is 1.31. The molecule has 0 saturated heterocycles. The molecule has 5 heteroatoms. The largest absolute Gasteiger partial charge is 0.493 e. The Morgan fingerprint density at radius 1 is 1.41 bits per heavy atom. The van der Waals surface area contributed by atoms with E-state index in [9.17, 15) is 8.78 Å². The van der Waals surface area contributed by atoms with Crippen LogP contribution in [0.3, 0.4) is 0 Å². The highest BCUT2D eigenvalue weighted by molar-refractivity contribution is 6.30. The lowest BCUT2D eigenvalue weighted by molar-refractivity contribution is 0.358. The summed E-state index contributed by atoms with van der Waals surface area (Å²) in [4.78, 5) is 0. The van der Waals surface area contributed by atoms with Gasteiger partial charge < -0.3 is 10.5 Å². The van der Waals surface area contributed by atoms with Crippen LogP contribution < -0.4 is 10.5 Å². The van der Waals surface area contributed by atoms with Crippen molar-refractivity contribution in [2.75, 3.05) is 7.11 Å². The van der Waals surface area contributed by atoms with Gasteiger partial charge in [0.05, 0.1) is 12.1 Å². The molecule has 1 saturated carbocycles. The maximum absolute atomic E-state index is 13.7. The highest BCUT2D eigenvalue weighted by atomic mass is 35.5. The molecule has 1 aliphatic carbocycles. The van der Waals surface area contributed by atoms with Crippen LogP contribution in [0.1, 0.15) is 25.3 Å². The average Bonchev–Trinajstić information content (AvgIpc) is 3.06. The number of benzene rings is 1. The van der Waals surface area contributed by atoms with E-state index < -0.39 is 11.6 Å². The van der Waals surface area contributed by atoms with Crippen LogP contribution in [-0.2, 0) is 5.41 Å². The molecule has 0 radical (unpaired) electrons. The second kappa shape index (κ2) is 4.10. The lowest BCUT2D eigenvalue weighted by Crippen LogP contribution is -2.32. The van der Waals surface area contributed by atoms with Crippen molar-refractivity contribution in [3.05, 3.63) is 28.3 Å². The van der Waals surface area contributed by atoms with Crippen molar-refractivity contribution in [3.63, 3.8) is 0 Å². The van der Waals surface area contributed by atoms with Crippen molar-refractivity contribution in [2.45, 2.75) is 31.2 Å². The Morgan fingerprint density at radius 2 is 2.00 bits per heavy atom. The predicted molar refractivity (Wildman–Crippen MR) is 62.5 cm³/mol. The minimum atomic E-state index is -1.08. The Bertz CT molecular complexity index is 458. The number of hydrogen-bond acceptors (Lipinski definition) is 2. The van der Waals surface area contributed by atoms with Crippen LogP contribution in [0.15, 0.2) is 6.07 Å². The lowest BCUT2D eigenvalue weighted by Gasteiger charge is -2.23. The zero-order valence-electron chi connectivity index (χ0n) is 9.69. The van der Waals surface area contributed by atoms with E-state index in [4.69, 9.17) is 22.1 Å². The average molecular weight is 262 g/mol. The molecule has 0 amide bonds. The third-order valence-electron chi connectivity index (χ3n) is 3.52. The summed E-state index contributed by atoms with van der Waals surface area (Å²) in [5.74, 6) is -2.20. The lowest BCUT2D eigenvalue weighted by atomic mass is 9.88. The fourth-order valence-electron chi connectivity index (χ4n) is 2.25. The van der Waals surface area contributed by atoms with Gasteiger partial charge in [-0.3, -0.25) is 0 Å². The Hall–Kier alpha value is -0.870. The van der Waals surface area contributed by atoms with Crippen molar-refractivity contribution in [2.24, 2.45) is 5.73 Å². The summed E-state index contributed by atoms with van der Waals surface area (Å²) in [6.45, 7) is 1.85. The van der Waals surface area contributed by atoms with Crippen LogP contribution in [0.2, 0.25) is 5.02 Å². The molecule has 0 aromatic heterocycles. The first kappa shape index (κ1) is 12.6. The zero-order chi connectivity index (χ0) is 12.8. The van der Waals surface area contributed by atoms with Crippen molar-refractivity contribution in [1.29, 1.82) is 0 Å². The van der Waals surface area contributed by atoms with Gasteiger partial charge in [-0.25, -0.2) is 4.39 Å². The normalized spacial score (nSPS) is 18.9. The van der Waals surface area contributed by atoms with Crippen molar-refractivity contribution < 1.29 is 13.5 Å². The van der Waals surface area contributed by atoms with E-state index in [1.165, 1.54) is 13.2 Å². The maximum Gasteiger partial charge on any atom is 0.202 e. The van der Waals surface area contributed by atoms with Crippen LogP contribution >= 0.6 is 11.6 Å². The summed E-state index contributed by atoms with van der Waals surface area (Å²) < 4.78 is 32.0. The van der Waals surface area contributed by atoms with Gasteiger partial charge in [0.1, 0.15) is 0 Å². The molecule has 1 aromatic carbocycles. The summed E-state index contributed by atoms with van der Waals surface area (Å²) >= 11 is 5.68. The summed E-state index contributed by atoms with van der Waals surface area (Å²) in [6.07, 6.45) is 1.67. The molecule has 0 bridgehead atoms. The number of methoxy groups -OCH3 is 1. The minimum Gasteiger partial charge on any atom is -0.493 e. The van der Waals surface area contributed by atoms with Gasteiger partial charge in [0.25, 0.3) is 0 Å². The first-order valence-electron chi connectivity index (χ1n) is 5.41. The second-order valence-electron chi connectivity index (χ2n) is 4.51. The molecule has 1 fully saturated rings. The minimum absolute atomic E-state index is 0.0818. The van der Waals surface area contributed by atoms with Crippen LogP contribution in [0.25, 0.3) is 0 Å². The van der Waals surface area contributed by atoms with E-state index in [0.29, 0.717) is 5.56 Å². The third kappa shape index (κ3) is 1.79. The van der Waals surface area contributed by atoms with Crippen molar-refractivity contribution in [1.82, 2.24) is 0 Å². The second-order valence-corrected chi connectivity index (χ2v) is 4.92. The van der Waals surface area contributed by atoms with Gasteiger partial charge in [0.2, 0.25) is 5.82 Å². The topological polar surface area (TPSA) is 35.2 Å². The Kier molecular flexibility index (Phi) is 3.04. The molecule has 0 spiro atoms. The molecule has 1 unspecified atom stereocenters. The van der Waals surface area contributed by atoms with Crippen LogP contribution in [-0.4, -0.2) is 13.2 Å². The number of hydrogen-bond donors (Lipinski definition) is 1. The summed E-state index contributed by atoms with van der Waals surface area (Å²) in [5, 5.41) is -0.231. The SMILES string of the molecule is COc1c(C2(C(C)N)CC2)cc(Cl)c(F)c1F. The highest BCUT2D eigenvalue weighted by Gasteiger charge is 2.50. The molecule has 2 N–H and O–H groups in total. The Labute approximate surface area is 104 Å². The number of rotatable bonds is 3. The van der Waals surface area contributed by atoms with Gasteiger partial charge in [0, 0.05) is 17.0 Å². The number of halogens is 3. The predicted octanol–water partition coefficient (Wildman–Crippen LogP) is 3.01. The maximum atomic E-state index is 13.7. The first-order chi connectivity index (χ1) is 7.94. The van der Waals surface area contributed by atoms with Crippen LogP contribution in [0.4, 0.5) is 8.78 Å². The van der Waals surface area contributed by atoms with Crippen molar-refractivity contribution in [3.8, 4) is 5.75 Å². The van der Waals surface area contributed by atoms with Crippen molar-refractivity contribution >= 4 is 11.6 Å². The van der Waals surface area contributed by atoms with Gasteiger partial charge in [-0.05, 0) is 25.8 Å². The Morgan fingerprint density at radius 3 is 2.41 bits per heavy atom. The van der Waals surface area contributed by atoms with E-state index in [2.05, 4.69) is 0 Å². The summed E-state index contributed by atoms with van der Waals surface area (Å²) in [5.41, 5.74) is 6.15. The molecule has 0 heterocycles. The van der Waals surface area contributed by atoms with Gasteiger partial charge in [-0.1, -0.05) is 11.6 Å². The Balaban J connectivity index is 2.62. The van der Waals surface area contributed by atoms with E-state index in [-0.39, 0.29) is 22.2 Å². The molecule has 1 aromatic rings. The quantitative estimate of drug-likeness (QED) is 0.849. The molecule has 1 aliphatic rings. The van der Waals surface area contributed by atoms with Gasteiger partial charge in [-0.15, -0.1) is 0 Å². The molecular weight excluding hydrogens is 248 g/mol. The molecule has 2 rings (SSSR count). The fourth-order valence-corrected chi connectivity index (χ4v) is 2.44. The van der Waals surface area contributed by atoms with Gasteiger partial charge in [-0.2, -0.15) is 4.39 Å². The molecule has 0 aliphatic heterocycles. The molecule has 1 atom stereocenters. The zero-order valence-corrected chi connectivity index (χ0v) is 10.4. The van der Waals surface area contributed by atoms with Gasteiger partial charge in [0.15, 0.2) is 11.6 Å². The molecular formula is C12H14ClF2NO.